The molecule has 6 nitrogen and oxygen atoms in total. The van der Waals surface area contributed by atoms with Crippen molar-refractivity contribution in [3.8, 4) is 11.3 Å². The minimum atomic E-state index is -0.352. The van der Waals surface area contributed by atoms with E-state index in [0.29, 0.717) is 16.5 Å². The van der Waals surface area contributed by atoms with E-state index in [0.717, 1.165) is 15.7 Å². The van der Waals surface area contributed by atoms with Crippen LogP contribution in [0.4, 0.5) is 10.1 Å². The lowest BCUT2D eigenvalue weighted by atomic mass is 10.1. The number of hydrogen-bond acceptors (Lipinski definition) is 5. The number of halogens is 2. The fourth-order valence-corrected chi connectivity index (χ4v) is 3.45. The highest BCUT2D eigenvalue weighted by Gasteiger charge is 2.12. The van der Waals surface area contributed by atoms with Gasteiger partial charge in [0.25, 0.3) is 0 Å². The van der Waals surface area contributed by atoms with Crippen molar-refractivity contribution >= 4 is 44.9 Å². The zero-order chi connectivity index (χ0) is 19.5. The Labute approximate surface area is 172 Å². The second-order valence-electron chi connectivity index (χ2n) is 5.82. The summed E-state index contributed by atoms with van der Waals surface area (Å²) in [6.45, 7) is 0. The predicted molar refractivity (Wildman–Crippen MR) is 110 cm³/mol. The molecular weight excluding hydrogens is 445 g/mol. The van der Waals surface area contributed by atoms with Crippen molar-refractivity contribution in [1.29, 1.82) is 0 Å². The third-order valence-corrected chi connectivity index (χ3v) is 5.28. The van der Waals surface area contributed by atoms with Gasteiger partial charge in [-0.3, -0.25) is 4.79 Å². The number of thioether (sulfide) groups is 1. The molecule has 0 aliphatic carbocycles. The monoisotopic (exact) mass is 457 g/mol. The summed E-state index contributed by atoms with van der Waals surface area (Å²) in [7, 11) is 0. The number of aromatic nitrogens is 4. The van der Waals surface area contributed by atoms with Gasteiger partial charge in [-0.2, -0.15) is 9.61 Å². The summed E-state index contributed by atoms with van der Waals surface area (Å²) in [5.74, 6) is -0.449. The average Bonchev–Trinajstić information content (AvgIpc) is 3.11. The molecule has 1 amide bonds. The molecule has 1 N–H and O–H groups in total. The molecule has 2 heterocycles. The lowest BCUT2D eigenvalue weighted by Crippen LogP contribution is -2.14. The summed E-state index contributed by atoms with van der Waals surface area (Å²) < 4.78 is 15.5. The SMILES string of the molecule is O=C(CSc1nnc2ccc(-c3ccc(Br)cc3)nn12)Nc1ccc(F)cc1. The number of nitrogens with zero attached hydrogens (tertiary/aromatic N) is 4. The molecule has 9 heteroatoms. The van der Waals surface area contributed by atoms with Gasteiger partial charge in [0.2, 0.25) is 11.1 Å². The highest BCUT2D eigenvalue weighted by molar-refractivity contribution is 9.10. The first kappa shape index (κ1) is 18.6. The Balaban J connectivity index is 1.49. The second kappa shape index (κ2) is 8.07. The summed E-state index contributed by atoms with van der Waals surface area (Å²) in [5, 5.41) is 16.0. The van der Waals surface area contributed by atoms with E-state index < -0.39 is 0 Å². The first-order valence-electron chi connectivity index (χ1n) is 8.25. The smallest absolute Gasteiger partial charge is 0.234 e. The molecule has 140 valence electrons. The van der Waals surface area contributed by atoms with Crippen molar-refractivity contribution in [2.24, 2.45) is 0 Å². The predicted octanol–water partition coefficient (Wildman–Crippen LogP) is 4.42. The second-order valence-corrected chi connectivity index (χ2v) is 7.68. The Morgan fingerprint density at radius 3 is 2.54 bits per heavy atom. The van der Waals surface area contributed by atoms with Crippen molar-refractivity contribution in [3.63, 3.8) is 0 Å². The van der Waals surface area contributed by atoms with Gasteiger partial charge in [0.05, 0.1) is 11.4 Å². The molecule has 0 radical (unpaired) electrons. The Bertz CT molecular complexity index is 1130. The highest BCUT2D eigenvalue weighted by atomic mass is 79.9. The Kier molecular flexibility index (Phi) is 5.36. The molecule has 0 fully saturated rings. The van der Waals surface area contributed by atoms with Crippen LogP contribution in [0.2, 0.25) is 0 Å². The van der Waals surface area contributed by atoms with E-state index in [1.807, 2.05) is 36.4 Å². The summed E-state index contributed by atoms with van der Waals surface area (Å²) in [4.78, 5) is 12.1. The van der Waals surface area contributed by atoms with Gasteiger partial charge in [0, 0.05) is 15.7 Å². The molecule has 0 spiro atoms. The molecule has 4 aromatic rings. The van der Waals surface area contributed by atoms with E-state index in [9.17, 15) is 9.18 Å². The molecule has 0 unspecified atom stereocenters. The number of hydrogen-bond donors (Lipinski definition) is 1. The summed E-state index contributed by atoms with van der Waals surface area (Å²) in [6.07, 6.45) is 0. The van der Waals surface area contributed by atoms with Crippen molar-refractivity contribution in [1.82, 2.24) is 19.8 Å². The molecule has 4 rings (SSSR count). The number of rotatable bonds is 5. The molecule has 2 aromatic carbocycles. The zero-order valence-electron chi connectivity index (χ0n) is 14.3. The standard InChI is InChI=1S/C19H13BrFN5OS/c20-13-3-1-12(2-4-13)16-9-10-17-23-24-19(26(17)25-16)28-11-18(27)22-15-7-5-14(21)6-8-15/h1-10H,11H2,(H,22,27). The molecule has 2 aromatic heterocycles. The summed E-state index contributed by atoms with van der Waals surface area (Å²) in [5.41, 5.74) is 2.87. The van der Waals surface area contributed by atoms with Crippen molar-refractivity contribution < 1.29 is 9.18 Å². The maximum Gasteiger partial charge on any atom is 0.234 e. The molecule has 0 atom stereocenters. The van der Waals surface area contributed by atoms with Crippen LogP contribution < -0.4 is 5.32 Å². The van der Waals surface area contributed by atoms with Crippen LogP contribution in [0.1, 0.15) is 0 Å². The number of carbonyl (C=O) groups is 1. The minimum absolute atomic E-state index is 0.127. The highest BCUT2D eigenvalue weighted by Crippen LogP contribution is 2.22. The lowest BCUT2D eigenvalue weighted by Gasteiger charge is -2.05. The molecule has 0 aliphatic rings. The zero-order valence-corrected chi connectivity index (χ0v) is 16.7. The maximum absolute atomic E-state index is 12.9. The maximum atomic E-state index is 12.9. The molecule has 28 heavy (non-hydrogen) atoms. The first-order valence-corrected chi connectivity index (χ1v) is 10.0. The van der Waals surface area contributed by atoms with Crippen molar-refractivity contribution in [3.05, 3.63) is 71.0 Å². The van der Waals surface area contributed by atoms with Gasteiger partial charge in [-0.15, -0.1) is 10.2 Å². The number of anilines is 1. The van der Waals surface area contributed by atoms with E-state index in [2.05, 4.69) is 36.5 Å². The fraction of sp³-hybridized carbons (Fsp3) is 0.0526. The van der Waals surface area contributed by atoms with Crippen LogP contribution >= 0.6 is 27.7 Å². The molecule has 0 bridgehead atoms. The van der Waals surface area contributed by atoms with Crippen LogP contribution in [0, 0.1) is 5.82 Å². The summed E-state index contributed by atoms with van der Waals surface area (Å²) in [6, 6.07) is 17.1. The Hall–Kier alpha value is -2.78. The van der Waals surface area contributed by atoms with Gasteiger partial charge in [0.15, 0.2) is 5.65 Å². The first-order chi connectivity index (χ1) is 13.6. The van der Waals surface area contributed by atoms with Gasteiger partial charge in [-0.25, -0.2) is 4.39 Å². The topological polar surface area (TPSA) is 72.2 Å². The van der Waals surface area contributed by atoms with Crippen molar-refractivity contribution in [2.45, 2.75) is 5.16 Å². The van der Waals surface area contributed by atoms with Gasteiger partial charge in [-0.05, 0) is 48.5 Å². The Morgan fingerprint density at radius 2 is 1.79 bits per heavy atom. The third kappa shape index (κ3) is 4.20. The van der Waals surface area contributed by atoms with Gasteiger partial charge < -0.3 is 5.32 Å². The largest absolute Gasteiger partial charge is 0.325 e. The van der Waals surface area contributed by atoms with Crippen LogP contribution in [0.3, 0.4) is 0 Å². The van der Waals surface area contributed by atoms with Crippen LogP contribution in [-0.4, -0.2) is 31.5 Å². The third-order valence-electron chi connectivity index (χ3n) is 3.83. The van der Waals surface area contributed by atoms with Crippen molar-refractivity contribution in [2.75, 3.05) is 11.1 Å². The average molecular weight is 458 g/mol. The van der Waals surface area contributed by atoms with E-state index in [-0.39, 0.29) is 17.5 Å². The molecular formula is C19H13BrFN5OS. The number of fused-ring (bicyclic) bond motifs is 1. The van der Waals surface area contributed by atoms with Gasteiger partial charge in [0.1, 0.15) is 5.82 Å². The van der Waals surface area contributed by atoms with Gasteiger partial charge >= 0.3 is 0 Å². The minimum Gasteiger partial charge on any atom is -0.325 e. The lowest BCUT2D eigenvalue weighted by molar-refractivity contribution is -0.113. The molecule has 0 saturated carbocycles. The fourth-order valence-electron chi connectivity index (χ4n) is 2.49. The van der Waals surface area contributed by atoms with E-state index in [1.54, 1.807) is 4.52 Å². The normalized spacial score (nSPS) is 10.9. The Morgan fingerprint density at radius 1 is 1.04 bits per heavy atom. The molecule has 0 saturated heterocycles. The number of nitrogens with one attached hydrogen (secondary N) is 1. The van der Waals surface area contributed by atoms with E-state index >= 15 is 0 Å². The van der Waals surface area contributed by atoms with E-state index in [1.165, 1.54) is 36.0 Å². The quantitative estimate of drug-likeness (QED) is 0.449. The number of carbonyl (C=O) groups excluding carboxylic acids is 1. The van der Waals surface area contributed by atoms with Crippen LogP contribution in [0.25, 0.3) is 16.9 Å². The van der Waals surface area contributed by atoms with Crippen LogP contribution in [0.15, 0.2) is 70.3 Å². The number of amides is 1. The summed E-state index contributed by atoms with van der Waals surface area (Å²) >= 11 is 4.65. The van der Waals surface area contributed by atoms with Crippen LogP contribution in [0.5, 0.6) is 0 Å². The number of benzene rings is 2. The van der Waals surface area contributed by atoms with Crippen LogP contribution in [-0.2, 0) is 4.79 Å². The van der Waals surface area contributed by atoms with E-state index in [4.69, 9.17) is 0 Å². The van der Waals surface area contributed by atoms with Gasteiger partial charge in [-0.1, -0.05) is 39.8 Å². The molecule has 0 aliphatic heterocycles.